The fourth-order valence-corrected chi connectivity index (χ4v) is 3.92. The molecule has 0 saturated heterocycles. The summed E-state index contributed by atoms with van der Waals surface area (Å²) in [6.45, 7) is 2.78. The van der Waals surface area contributed by atoms with Gasteiger partial charge in [0.05, 0.1) is 5.41 Å². The molecule has 0 unspecified atom stereocenters. The minimum absolute atomic E-state index is 0. The van der Waals surface area contributed by atoms with Crippen molar-refractivity contribution < 1.29 is 4.79 Å². The SMILES string of the molecule is CCCC1CCC(NC(=O)C2(CN)CCCC2)CC1.Cl. The smallest absolute Gasteiger partial charge is 0.227 e. The summed E-state index contributed by atoms with van der Waals surface area (Å²) in [5, 5.41) is 3.30. The fraction of sp³-hybridized carbons (Fsp3) is 0.938. The third kappa shape index (κ3) is 4.11. The number of hydrogen-bond donors (Lipinski definition) is 2. The Balaban J connectivity index is 0.00000200. The van der Waals surface area contributed by atoms with Crippen LogP contribution in [0.25, 0.3) is 0 Å². The number of carbonyl (C=O) groups is 1. The van der Waals surface area contributed by atoms with Crippen molar-refractivity contribution in [2.45, 2.75) is 77.2 Å². The first-order chi connectivity index (χ1) is 9.20. The van der Waals surface area contributed by atoms with E-state index in [1.807, 2.05) is 0 Å². The summed E-state index contributed by atoms with van der Waals surface area (Å²) in [7, 11) is 0. The summed E-state index contributed by atoms with van der Waals surface area (Å²) in [5.41, 5.74) is 5.64. The predicted molar refractivity (Wildman–Crippen MR) is 86.0 cm³/mol. The molecule has 1 amide bonds. The fourth-order valence-electron chi connectivity index (χ4n) is 3.92. The predicted octanol–water partition coefficient (Wildman–Crippen LogP) is 3.40. The monoisotopic (exact) mass is 302 g/mol. The molecule has 2 saturated carbocycles. The summed E-state index contributed by atoms with van der Waals surface area (Å²) < 4.78 is 0. The maximum Gasteiger partial charge on any atom is 0.227 e. The highest BCUT2D eigenvalue weighted by Crippen LogP contribution is 2.38. The normalized spacial score (nSPS) is 28.7. The number of nitrogens with one attached hydrogen (secondary N) is 1. The van der Waals surface area contributed by atoms with Gasteiger partial charge in [0.1, 0.15) is 0 Å². The summed E-state index contributed by atoms with van der Waals surface area (Å²) in [6, 6.07) is 0.407. The average Bonchev–Trinajstić information content (AvgIpc) is 2.91. The van der Waals surface area contributed by atoms with Crippen LogP contribution in [0.1, 0.15) is 71.1 Å². The van der Waals surface area contributed by atoms with E-state index in [2.05, 4.69) is 12.2 Å². The summed E-state index contributed by atoms with van der Waals surface area (Å²) >= 11 is 0. The lowest BCUT2D eigenvalue weighted by Gasteiger charge is -2.33. The lowest BCUT2D eigenvalue weighted by atomic mass is 9.81. The van der Waals surface area contributed by atoms with Crippen molar-refractivity contribution in [2.75, 3.05) is 6.54 Å². The Kier molecular flexibility index (Phi) is 7.32. The van der Waals surface area contributed by atoms with E-state index >= 15 is 0 Å². The van der Waals surface area contributed by atoms with Crippen molar-refractivity contribution in [3.05, 3.63) is 0 Å². The van der Waals surface area contributed by atoms with Crippen LogP contribution in [0.3, 0.4) is 0 Å². The van der Waals surface area contributed by atoms with E-state index in [9.17, 15) is 4.79 Å². The van der Waals surface area contributed by atoms with Gasteiger partial charge < -0.3 is 11.1 Å². The van der Waals surface area contributed by atoms with Crippen LogP contribution >= 0.6 is 12.4 Å². The van der Waals surface area contributed by atoms with Crippen molar-refractivity contribution in [1.29, 1.82) is 0 Å². The van der Waals surface area contributed by atoms with Crippen LogP contribution in [0.5, 0.6) is 0 Å². The van der Waals surface area contributed by atoms with Gasteiger partial charge in [-0.25, -0.2) is 0 Å². The highest BCUT2D eigenvalue weighted by Gasteiger charge is 2.40. The maximum atomic E-state index is 12.5. The molecule has 3 N–H and O–H groups in total. The molecule has 0 spiro atoms. The maximum absolute atomic E-state index is 12.5. The quantitative estimate of drug-likeness (QED) is 0.818. The second-order valence-corrected chi connectivity index (χ2v) is 6.67. The molecule has 2 rings (SSSR count). The molecule has 0 bridgehead atoms. The Hall–Kier alpha value is -0.280. The van der Waals surface area contributed by atoms with Crippen molar-refractivity contribution in [3.63, 3.8) is 0 Å². The van der Waals surface area contributed by atoms with E-state index in [-0.39, 0.29) is 23.7 Å². The molecular weight excluding hydrogens is 272 g/mol. The highest BCUT2D eigenvalue weighted by molar-refractivity contribution is 5.85. The zero-order chi connectivity index (χ0) is 13.7. The van der Waals surface area contributed by atoms with E-state index in [0.29, 0.717) is 12.6 Å². The van der Waals surface area contributed by atoms with Gasteiger partial charge in [0.25, 0.3) is 0 Å². The topological polar surface area (TPSA) is 55.1 Å². The number of carbonyl (C=O) groups excluding carboxylic acids is 1. The van der Waals surface area contributed by atoms with Gasteiger partial charge in [-0.1, -0.05) is 32.6 Å². The van der Waals surface area contributed by atoms with E-state index in [1.165, 1.54) is 25.7 Å². The second kappa shape index (κ2) is 8.23. The molecule has 0 atom stereocenters. The molecule has 3 nitrogen and oxygen atoms in total. The van der Waals surface area contributed by atoms with Crippen LogP contribution in [0, 0.1) is 11.3 Å². The van der Waals surface area contributed by atoms with Crippen molar-refractivity contribution in [1.82, 2.24) is 5.32 Å². The third-order valence-corrected chi connectivity index (χ3v) is 5.31. The molecule has 0 aromatic rings. The summed E-state index contributed by atoms with van der Waals surface area (Å²) in [4.78, 5) is 12.5. The number of halogens is 1. The summed E-state index contributed by atoms with van der Waals surface area (Å²) in [6.07, 6.45) is 11.8. The lowest BCUT2D eigenvalue weighted by molar-refractivity contribution is -0.131. The third-order valence-electron chi connectivity index (χ3n) is 5.31. The van der Waals surface area contributed by atoms with E-state index in [1.54, 1.807) is 0 Å². The Bertz CT molecular complexity index is 295. The lowest BCUT2D eigenvalue weighted by Crippen LogP contribution is -2.48. The molecule has 0 aromatic heterocycles. The van der Waals surface area contributed by atoms with Gasteiger partial charge in [0, 0.05) is 12.6 Å². The molecule has 2 aliphatic carbocycles. The minimum Gasteiger partial charge on any atom is -0.353 e. The van der Waals surface area contributed by atoms with Crippen LogP contribution in [-0.4, -0.2) is 18.5 Å². The Morgan fingerprint density at radius 3 is 2.30 bits per heavy atom. The average molecular weight is 303 g/mol. The van der Waals surface area contributed by atoms with E-state index < -0.39 is 0 Å². The van der Waals surface area contributed by atoms with Crippen LogP contribution in [-0.2, 0) is 4.79 Å². The first-order valence-corrected chi connectivity index (χ1v) is 8.21. The number of rotatable bonds is 5. The molecule has 2 aliphatic rings. The second-order valence-electron chi connectivity index (χ2n) is 6.67. The van der Waals surface area contributed by atoms with Crippen molar-refractivity contribution >= 4 is 18.3 Å². The Morgan fingerprint density at radius 2 is 1.80 bits per heavy atom. The van der Waals surface area contributed by atoms with E-state index in [0.717, 1.165) is 44.4 Å². The highest BCUT2D eigenvalue weighted by atomic mass is 35.5. The van der Waals surface area contributed by atoms with Crippen molar-refractivity contribution in [3.8, 4) is 0 Å². The van der Waals surface area contributed by atoms with Crippen LogP contribution in [0.2, 0.25) is 0 Å². The minimum atomic E-state index is -0.236. The number of amides is 1. The van der Waals surface area contributed by atoms with E-state index in [4.69, 9.17) is 5.73 Å². The molecule has 0 aromatic carbocycles. The van der Waals surface area contributed by atoms with Crippen LogP contribution in [0.15, 0.2) is 0 Å². The van der Waals surface area contributed by atoms with Crippen LogP contribution in [0.4, 0.5) is 0 Å². The Labute approximate surface area is 129 Å². The standard InChI is InChI=1S/C16H30N2O.ClH/c1-2-5-13-6-8-14(9-7-13)18-15(19)16(12-17)10-3-4-11-16;/h13-14H,2-12,17H2,1H3,(H,18,19);1H. The van der Waals surface area contributed by atoms with Gasteiger partial charge in [-0.2, -0.15) is 0 Å². The number of nitrogens with two attached hydrogens (primary N) is 1. The molecule has 118 valence electrons. The van der Waals surface area contributed by atoms with Crippen LogP contribution < -0.4 is 11.1 Å². The van der Waals surface area contributed by atoms with Crippen molar-refractivity contribution in [2.24, 2.45) is 17.1 Å². The first kappa shape index (κ1) is 17.8. The van der Waals surface area contributed by atoms with Gasteiger partial charge in [0.15, 0.2) is 0 Å². The van der Waals surface area contributed by atoms with Gasteiger partial charge in [-0.3, -0.25) is 4.79 Å². The molecule has 0 heterocycles. The van der Waals surface area contributed by atoms with Gasteiger partial charge in [-0.15, -0.1) is 12.4 Å². The van der Waals surface area contributed by atoms with Gasteiger partial charge in [-0.05, 0) is 44.4 Å². The molecule has 20 heavy (non-hydrogen) atoms. The van der Waals surface area contributed by atoms with Gasteiger partial charge in [0.2, 0.25) is 5.91 Å². The largest absolute Gasteiger partial charge is 0.353 e. The zero-order valence-electron chi connectivity index (χ0n) is 12.8. The zero-order valence-corrected chi connectivity index (χ0v) is 13.6. The molecule has 0 aliphatic heterocycles. The van der Waals surface area contributed by atoms with Gasteiger partial charge >= 0.3 is 0 Å². The molecule has 2 fully saturated rings. The number of hydrogen-bond acceptors (Lipinski definition) is 2. The summed E-state index contributed by atoms with van der Waals surface area (Å²) in [5.74, 6) is 1.14. The first-order valence-electron chi connectivity index (χ1n) is 8.21. The molecule has 4 heteroatoms. The Morgan fingerprint density at radius 1 is 1.20 bits per heavy atom. The molecular formula is C16H31ClN2O. The molecule has 0 radical (unpaired) electrons.